The third kappa shape index (κ3) is 2.94. The second-order valence-corrected chi connectivity index (χ2v) is 4.45. The fourth-order valence-corrected chi connectivity index (χ4v) is 1.72. The van der Waals surface area contributed by atoms with Crippen LogP contribution in [-0.2, 0) is 6.61 Å². The molecule has 0 aliphatic rings. The number of hydrogen-bond acceptors (Lipinski definition) is 3. The van der Waals surface area contributed by atoms with Crippen LogP contribution in [0.2, 0.25) is 0 Å². The van der Waals surface area contributed by atoms with Gasteiger partial charge < -0.3 is 10.4 Å². The molecular weight excluding hydrogens is 296 g/mol. The van der Waals surface area contributed by atoms with E-state index in [1.165, 1.54) is 6.20 Å². The molecule has 0 radical (unpaired) electrons. The first-order chi connectivity index (χ1) is 8.70. The molecule has 1 aromatic carbocycles. The van der Waals surface area contributed by atoms with E-state index < -0.39 is 0 Å². The SMILES string of the molecule is O=C(Nc1ccccc1CO)c1ccc(Br)nc1. The van der Waals surface area contributed by atoms with E-state index >= 15 is 0 Å². The zero-order valence-electron chi connectivity index (χ0n) is 9.43. The van der Waals surface area contributed by atoms with Gasteiger partial charge in [-0.25, -0.2) is 4.98 Å². The maximum Gasteiger partial charge on any atom is 0.257 e. The predicted molar refractivity (Wildman–Crippen MR) is 72.3 cm³/mol. The van der Waals surface area contributed by atoms with Gasteiger partial charge in [0.1, 0.15) is 4.60 Å². The molecule has 5 heteroatoms. The van der Waals surface area contributed by atoms with Crippen LogP contribution < -0.4 is 5.32 Å². The van der Waals surface area contributed by atoms with Crippen molar-refractivity contribution in [3.63, 3.8) is 0 Å². The lowest BCUT2D eigenvalue weighted by Crippen LogP contribution is -2.13. The van der Waals surface area contributed by atoms with E-state index in [1.54, 1.807) is 30.3 Å². The van der Waals surface area contributed by atoms with Crippen LogP contribution >= 0.6 is 15.9 Å². The van der Waals surface area contributed by atoms with Gasteiger partial charge in [-0.15, -0.1) is 0 Å². The number of amides is 1. The third-order valence-electron chi connectivity index (χ3n) is 2.43. The molecule has 1 heterocycles. The highest BCUT2D eigenvalue weighted by atomic mass is 79.9. The van der Waals surface area contributed by atoms with Crippen molar-refractivity contribution in [2.45, 2.75) is 6.61 Å². The number of para-hydroxylation sites is 1. The topological polar surface area (TPSA) is 62.2 Å². The van der Waals surface area contributed by atoms with Gasteiger partial charge in [0, 0.05) is 17.4 Å². The molecule has 1 aromatic heterocycles. The van der Waals surface area contributed by atoms with Crippen molar-refractivity contribution >= 4 is 27.5 Å². The number of aromatic nitrogens is 1. The lowest BCUT2D eigenvalue weighted by atomic mass is 10.2. The minimum atomic E-state index is -0.254. The Hall–Kier alpha value is -1.72. The largest absolute Gasteiger partial charge is 0.392 e. The third-order valence-corrected chi connectivity index (χ3v) is 2.89. The summed E-state index contributed by atoms with van der Waals surface area (Å²) in [4.78, 5) is 15.9. The fraction of sp³-hybridized carbons (Fsp3) is 0.0769. The number of anilines is 1. The van der Waals surface area contributed by atoms with Crippen molar-refractivity contribution in [3.05, 3.63) is 58.3 Å². The highest BCUT2D eigenvalue weighted by Gasteiger charge is 2.08. The molecule has 0 saturated heterocycles. The highest BCUT2D eigenvalue weighted by Crippen LogP contribution is 2.16. The van der Waals surface area contributed by atoms with Crippen molar-refractivity contribution in [2.75, 3.05) is 5.32 Å². The van der Waals surface area contributed by atoms with Gasteiger partial charge in [0.2, 0.25) is 0 Å². The van der Waals surface area contributed by atoms with Crippen LogP contribution in [0.15, 0.2) is 47.2 Å². The van der Waals surface area contributed by atoms with Gasteiger partial charge in [0.25, 0.3) is 5.91 Å². The Bertz CT molecular complexity index is 555. The van der Waals surface area contributed by atoms with Crippen LogP contribution in [0.4, 0.5) is 5.69 Å². The van der Waals surface area contributed by atoms with Gasteiger partial charge in [-0.2, -0.15) is 0 Å². The summed E-state index contributed by atoms with van der Waals surface area (Å²) in [6, 6.07) is 10.5. The van der Waals surface area contributed by atoms with E-state index in [1.807, 2.05) is 6.07 Å². The lowest BCUT2D eigenvalue weighted by molar-refractivity contribution is 0.102. The molecular formula is C13H11BrN2O2. The van der Waals surface area contributed by atoms with E-state index in [2.05, 4.69) is 26.2 Å². The Labute approximate surface area is 113 Å². The molecule has 0 aliphatic carbocycles. The minimum Gasteiger partial charge on any atom is -0.392 e. The van der Waals surface area contributed by atoms with Gasteiger partial charge in [-0.3, -0.25) is 4.79 Å². The molecule has 0 spiro atoms. The summed E-state index contributed by atoms with van der Waals surface area (Å²) < 4.78 is 0.676. The number of benzene rings is 1. The molecule has 0 atom stereocenters. The van der Waals surface area contributed by atoms with Crippen LogP contribution in [0.1, 0.15) is 15.9 Å². The Morgan fingerprint density at radius 3 is 2.72 bits per heavy atom. The summed E-state index contributed by atoms with van der Waals surface area (Å²) in [5, 5.41) is 11.9. The normalized spacial score (nSPS) is 10.1. The molecule has 0 saturated carbocycles. The van der Waals surface area contributed by atoms with Crippen LogP contribution in [0.5, 0.6) is 0 Å². The summed E-state index contributed by atoms with van der Waals surface area (Å²) in [6.45, 7) is -0.116. The number of carbonyl (C=O) groups is 1. The molecule has 92 valence electrons. The van der Waals surface area contributed by atoms with Crippen molar-refractivity contribution in [1.82, 2.24) is 4.98 Å². The van der Waals surface area contributed by atoms with Crippen LogP contribution in [0.3, 0.4) is 0 Å². The average Bonchev–Trinajstić information content (AvgIpc) is 2.40. The number of aliphatic hydroxyl groups is 1. The highest BCUT2D eigenvalue weighted by molar-refractivity contribution is 9.10. The maximum atomic E-state index is 11.9. The second kappa shape index (κ2) is 5.75. The van der Waals surface area contributed by atoms with E-state index in [4.69, 9.17) is 5.11 Å². The molecule has 0 aliphatic heterocycles. The van der Waals surface area contributed by atoms with Crippen molar-refractivity contribution in [2.24, 2.45) is 0 Å². The van der Waals surface area contributed by atoms with E-state index in [0.29, 0.717) is 21.4 Å². The van der Waals surface area contributed by atoms with Gasteiger partial charge >= 0.3 is 0 Å². The zero-order valence-corrected chi connectivity index (χ0v) is 11.0. The first kappa shape index (κ1) is 12.7. The van der Waals surface area contributed by atoms with E-state index in [-0.39, 0.29) is 12.5 Å². The first-order valence-electron chi connectivity index (χ1n) is 5.32. The molecule has 2 aromatic rings. The van der Waals surface area contributed by atoms with Crippen molar-refractivity contribution in [3.8, 4) is 0 Å². The van der Waals surface area contributed by atoms with Crippen LogP contribution in [0, 0.1) is 0 Å². The molecule has 2 N–H and O–H groups in total. The van der Waals surface area contributed by atoms with Gasteiger partial charge in [0.05, 0.1) is 12.2 Å². The quantitative estimate of drug-likeness (QED) is 0.857. The maximum absolute atomic E-state index is 11.9. The predicted octanol–water partition coefficient (Wildman–Crippen LogP) is 2.59. The number of nitrogens with one attached hydrogen (secondary N) is 1. The number of nitrogens with zero attached hydrogens (tertiary/aromatic N) is 1. The Balaban J connectivity index is 2.18. The van der Waals surface area contributed by atoms with Gasteiger partial charge in [-0.05, 0) is 34.1 Å². The van der Waals surface area contributed by atoms with Gasteiger partial charge in [-0.1, -0.05) is 18.2 Å². The monoisotopic (exact) mass is 306 g/mol. The van der Waals surface area contributed by atoms with E-state index in [9.17, 15) is 4.79 Å². The molecule has 18 heavy (non-hydrogen) atoms. The summed E-state index contributed by atoms with van der Waals surface area (Å²) >= 11 is 3.21. The molecule has 0 unspecified atom stereocenters. The molecule has 4 nitrogen and oxygen atoms in total. The van der Waals surface area contributed by atoms with Crippen molar-refractivity contribution < 1.29 is 9.90 Å². The second-order valence-electron chi connectivity index (χ2n) is 3.64. The number of carbonyl (C=O) groups excluding carboxylic acids is 1. The molecule has 0 bridgehead atoms. The summed E-state index contributed by atoms with van der Waals surface area (Å²) in [5.74, 6) is -0.254. The van der Waals surface area contributed by atoms with E-state index in [0.717, 1.165) is 0 Å². The number of hydrogen-bond donors (Lipinski definition) is 2. The average molecular weight is 307 g/mol. The smallest absolute Gasteiger partial charge is 0.257 e. The summed E-state index contributed by atoms with van der Waals surface area (Å²) in [5.41, 5.74) is 1.75. The molecule has 2 rings (SSSR count). The number of rotatable bonds is 3. The Morgan fingerprint density at radius 2 is 2.06 bits per heavy atom. The van der Waals surface area contributed by atoms with Crippen LogP contribution in [0.25, 0.3) is 0 Å². The molecule has 0 fully saturated rings. The first-order valence-corrected chi connectivity index (χ1v) is 6.11. The summed E-state index contributed by atoms with van der Waals surface area (Å²) in [6.07, 6.45) is 1.49. The number of pyridine rings is 1. The Kier molecular flexibility index (Phi) is 4.07. The summed E-state index contributed by atoms with van der Waals surface area (Å²) in [7, 11) is 0. The van der Waals surface area contributed by atoms with Crippen LogP contribution in [-0.4, -0.2) is 16.0 Å². The van der Waals surface area contributed by atoms with Crippen molar-refractivity contribution in [1.29, 1.82) is 0 Å². The minimum absolute atomic E-state index is 0.116. The number of aliphatic hydroxyl groups excluding tert-OH is 1. The lowest BCUT2D eigenvalue weighted by Gasteiger charge is -2.08. The number of halogens is 1. The standard InChI is InChI=1S/C13H11BrN2O2/c14-12-6-5-9(7-15-12)13(18)16-11-4-2-1-3-10(11)8-17/h1-7,17H,8H2,(H,16,18). The van der Waals surface area contributed by atoms with Gasteiger partial charge in [0.15, 0.2) is 0 Å². The Morgan fingerprint density at radius 1 is 1.28 bits per heavy atom. The fourth-order valence-electron chi connectivity index (χ4n) is 1.48. The zero-order chi connectivity index (χ0) is 13.0. The molecule has 1 amide bonds.